The highest BCUT2D eigenvalue weighted by Gasteiger charge is 2.27. The summed E-state index contributed by atoms with van der Waals surface area (Å²) in [4.78, 5) is 3.65. The molecule has 0 aliphatic heterocycles. The van der Waals surface area contributed by atoms with Crippen molar-refractivity contribution in [1.29, 1.82) is 0 Å². The van der Waals surface area contributed by atoms with Gasteiger partial charge in [-0.05, 0) is 56.3 Å². The van der Waals surface area contributed by atoms with Crippen LogP contribution in [-0.2, 0) is 6.42 Å². The van der Waals surface area contributed by atoms with Crippen LogP contribution < -0.4 is 5.32 Å². The van der Waals surface area contributed by atoms with Gasteiger partial charge in [-0.3, -0.25) is 0 Å². The number of aryl methyl sites for hydroxylation is 3. The number of fused-ring (bicyclic) bond motifs is 3. The third kappa shape index (κ3) is 1.67. The van der Waals surface area contributed by atoms with Gasteiger partial charge in [0.2, 0.25) is 0 Å². The number of rotatable bonds is 3. The van der Waals surface area contributed by atoms with Gasteiger partial charge in [-0.1, -0.05) is 19.1 Å². The van der Waals surface area contributed by atoms with Gasteiger partial charge < -0.3 is 10.3 Å². The van der Waals surface area contributed by atoms with Gasteiger partial charge in [-0.15, -0.1) is 0 Å². The smallest absolute Gasteiger partial charge is 0.0491 e. The number of nitrogens with one attached hydrogen (secondary N) is 2. The maximum atomic E-state index is 3.69. The summed E-state index contributed by atoms with van der Waals surface area (Å²) in [5.74, 6) is 0. The summed E-state index contributed by atoms with van der Waals surface area (Å²) < 4.78 is 0. The van der Waals surface area contributed by atoms with E-state index in [-0.39, 0.29) is 0 Å². The van der Waals surface area contributed by atoms with E-state index < -0.39 is 0 Å². The number of hydrogen-bond donors (Lipinski definition) is 2. The van der Waals surface area contributed by atoms with Gasteiger partial charge in [-0.2, -0.15) is 0 Å². The number of aromatic amines is 1. The van der Waals surface area contributed by atoms with Crippen molar-refractivity contribution in [3.05, 3.63) is 34.5 Å². The zero-order valence-corrected chi connectivity index (χ0v) is 11.6. The fraction of sp³-hybridized carbons (Fsp3) is 0.500. The van der Waals surface area contributed by atoms with Crippen LogP contribution >= 0.6 is 0 Å². The summed E-state index contributed by atoms with van der Waals surface area (Å²) in [7, 11) is 0. The fourth-order valence-electron chi connectivity index (χ4n) is 3.23. The van der Waals surface area contributed by atoms with Crippen molar-refractivity contribution >= 4 is 10.9 Å². The fourth-order valence-corrected chi connectivity index (χ4v) is 3.23. The Balaban J connectivity index is 2.13. The molecule has 1 aromatic carbocycles. The van der Waals surface area contributed by atoms with Crippen LogP contribution in [0.2, 0.25) is 0 Å². The Kier molecular flexibility index (Phi) is 2.90. The first-order chi connectivity index (χ1) is 8.72. The predicted octanol–water partition coefficient (Wildman–Crippen LogP) is 3.77. The molecule has 2 heteroatoms. The third-order valence-electron chi connectivity index (χ3n) is 4.16. The van der Waals surface area contributed by atoms with E-state index in [1.54, 1.807) is 5.56 Å². The lowest BCUT2D eigenvalue weighted by Crippen LogP contribution is -2.19. The van der Waals surface area contributed by atoms with Crippen LogP contribution in [0.15, 0.2) is 12.1 Å². The molecule has 2 nitrogen and oxygen atoms in total. The topological polar surface area (TPSA) is 27.8 Å². The van der Waals surface area contributed by atoms with E-state index >= 15 is 0 Å². The Morgan fingerprint density at radius 2 is 2.06 bits per heavy atom. The molecule has 0 saturated carbocycles. The van der Waals surface area contributed by atoms with Crippen LogP contribution in [0.5, 0.6) is 0 Å². The predicted molar refractivity (Wildman–Crippen MR) is 77.1 cm³/mol. The molecular formula is C16H22N2. The zero-order chi connectivity index (χ0) is 12.7. The van der Waals surface area contributed by atoms with Crippen molar-refractivity contribution in [2.45, 2.75) is 46.1 Å². The van der Waals surface area contributed by atoms with Crippen molar-refractivity contribution in [2.24, 2.45) is 0 Å². The lowest BCUT2D eigenvalue weighted by Gasteiger charge is -2.14. The maximum Gasteiger partial charge on any atom is 0.0491 e. The highest BCUT2D eigenvalue weighted by Crippen LogP contribution is 2.39. The molecule has 1 aromatic heterocycles. The molecular weight excluding hydrogens is 220 g/mol. The van der Waals surface area contributed by atoms with Crippen LogP contribution in [0.25, 0.3) is 10.9 Å². The molecule has 3 rings (SSSR count). The van der Waals surface area contributed by atoms with E-state index in [0.29, 0.717) is 6.04 Å². The second kappa shape index (κ2) is 4.43. The van der Waals surface area contributed by atoms with Crippen molar-refractivity contribution < 1.29 is 0 Å². The molecule has 1 unspecified atom stereocenters. The first kappa shape index (κ1) is 11.8. The van der Waals surface area contributed by atoms with Gasteiger partial charge in [0.15, 0.2) is 0 Å². The Hall–Kier alpha value is -1.28. The third-order valence-corrected chi connectivity index (χ3v) is 4.16. The summed E-state index contributed by atoms with van der Waals surface area (Å²) in [6.45, 7) is 7.77. The van der Waals surface area contributed by atoms with Gasteiger partial charge in [0.1, 0.15) is 0 Å². The largest absolute Gasteiger partial charge is 0.358 e. The van der Waals surface area contributed by atoms with Crippen molar-refractivity contribution in [2.75, 3.05) is 6.54 Å². The van der Waals surface area contributed by atoms with E-state index in [9.17, 15) is 0 Å². The van der Waals surface area contributed by atoms with Crippen LogP contribution in [0, 0.1) is 13.8 Å². The number of H-pyrrole nitrogens is 1. The van der Waals surface area contributed by atoms with E-state index in [2.05, 4.69) is 43.2 Å². The molecule has 1 aliphatic rings. The summed E-state index contributed by atoms with van der Waals surface area (Å²) in [6.07, 6.45) is 3.63. The van der Waals surface area contributed by atoms with E-state index in [1.165, 1.54) is 47.0 Å². The monoisotopic (exact) mass is 242 g/mol. The molecule has 0 amide bonds. The first-order valence-electron chi connectivity index (χ1n) is 7.06. The van der Waals surface area contributed by atoms with Gasteiger partial charge in [0.05, 0.1) is 0 Å². The lowest BCUT2D eigenvalue weighted by atomic mass is 10.0. The minimum absolute atomic E-state index is 0.550. The highest BCUT2D eigenvalue weighted by molar-refractivity contribution is 5.91. The van der Waals surface area contributed by atoms with Crippen LogP contribution in [0.4, 0.5) is 0 Å². The Morgan fingerprint density at radius 1 is 1.28 bits per heavy atom. The summed E-state index contributed by atoms with van der Waals surface area (Å²) in [6, 6.07) is 5.02. The summed E-state index contributed by atoms with van der Waals surface area (Å²) in [5.41, 5.74) is 7.11. The highest BCUT2D eigenvalue weighted by atomic mass is 14.9. The zero-order valence-electron chi connectivity index (χ0n) is 11.6. The summed E-state index contributed by atoms with van der Waals surface area (Å²) >= 11 is 0. The van der Waals surface area contributed by atoms with Crippen molar-refractivity contribution in [3.63, 3.8) is 0 Å². The van der Waals surface area contributed by atoms with Gasteiger partial charge in [-0.25, -0.2) is 0 Å². The van der Waals surface area contributed by atoms with Gasteiger partial charge in [0.25, 0.3) is 0 Å². The minimum Gasteiger partial charge on any atom is -0.358 e. The van der Waals surface area contributed by atoms with Crippen molar-refractivity contribution in [1.82, 2.24) is 10.3 Å². The Bertz CT molecular complexity index is 580. The van der Waals surface area contributed by atoms with Crippen LogP contribution in [0.1, 0.15) is 48.2 Å². The number of hydrogen-bond acceptors (Lipinski definition) is 1. The molecule has 18 heavy (non-hydrogen) atoms. The second-order valence-corrected chi connectivity index (χ2v) is 5.51. The van der Waals surface area contributed by atoms with E-state index in [4.69, 9.17) is 0 Å². The van der Waals surface area contributed by atoms with Crippen molar-refractivity contribution in [3.8, 4) is 0 Å². The maximum absolute atomic E-state index is 3.69. The average molecular weight is 242 g/mol. The molecule has 0 radical (unpaired) electrons. The number of aromatic nitrogens is 1. The molecule has 0 bridgehead atoms. The molecule has 1 heterocycles. The van der Waals surface area contributed by atoms with E-state index in [0.717, 1.165) is 6.54 Å². The average Bonchev–Trinajstić information content (AvgIpc) is 2.91. The Labute approximate surface area is 109 Å². The minimum atomic E-state index is 0.550. The van der Waals surface area contributed by atoms with E-state index in [1.807, 2.05) is 0 Å². The molecule has 0 fully saturated rings. The quantitative estimate of drug-likeness (QED) is 0.842. The van der Waals surface area contributed by atoms with Gasteiger partial charge >= 0.3 is 0 Å². The van der Waals surface area contributed by atoms with Crippen LogP contribution in [0.3, 0.4) is 0 Å². The molecule has 0 saturated heterocycles. The molecule has 2 aromatic rings. The SMILES string of the molecule is CCCNC1CCc2[nH]c3c(C)ccc(C)c3c21. The van der Waals surface area contributed by atoms with Gasteiger partial charge in [0, 0.05) is 22.6 Å². The molecule has 0 spiro atoms. The first-order valence-corrected chi connectivity index (χ1v) is 7.06. The summed E-state index contributed by atoms with van der Waals surface area (Å²) in [5, 5.41) is 5.16. The molecule has 1 atom stereocenters. The van der Waals surface area contributed by atoms with Crippen LogP contribution in [-0.4, -0.2) is 11.5 Å². The lowest BCUT2D eigenvalue weighted by molar-refractivity contribution is 0.531. The normalized spacial score (nSPS) is 18.5. The molecule has 1 aliphatic carbocycles. The number of benzene rings is 1. The molecule has 2 N–H and O–H groups in total. The molecule has 96 valence electrons. The standard InChI is InChI=1S/C16H22N2/c1-4-9-17-12-7-8-13-15(12)14-10(2)5-6-11(3)16(14)18-13/h5-6,12,17-18H,4,7-9H2,1-3H3. The second-order valence-electron chi connectivity index (χ2n) is 5.51. The Morgan fingerprint density at radius 3 is 2.83 bits per heavy atom.